The lowest BCUT2D eigenvalue weighted by atomic mass is 9.44. The van der Waals surface area contributed by atoms with Crippen molar-refractivity contribution in [2.75, 3.05) is 6.61 Å². The highest BCUT2D eigenvalue weighted by molar-refractivity contribution is 5.11. The normalized spacial score (nSPS) is 47.5. The molecule has 4 rings (SSSR count). The molecule has 3 unspecified atom stereocenters. The van der Waals surface area contributed by atoms with Crippen molar-refractivity contribution in [3.05, 3.63) is 0 Å². The maximum atomic E-state index is 11.6. The highest BCUT2D eigenvalue weighted by Crippen LogP contribution is 2.68. The summed E-state index contributed by atoms with van der Waals surface area (Å²) in [4.78, 5) is 0. The second-order valence-electron chi connectivity index (χ2n) is 12.8. The number of aliphatic hydroxyl groups is 3. The molecule has 3 heteroatoms. The predicted molar refractivity (Wildman–Crippen MR) is 122 cm³/mol. The molecule has 4 saturated carbocycles. The van der Waals surface area contributed by atoms with Crippen LogP contribution in [0, 0.1) is 46.3 Å². The second kappa shape index (κ2) is 8.34. The van der Waals surface area contributed by atoms with Crippen LogP contribution in [0.15, 0.2) is 0 Å². The maximum Gasteiger partial charge on any atom is 0.0677 e. The third kappa shape index (κ3) is 3.79. The Balaban J connectivity index is 1.49. The molecule has 0 heterocycles. The summed E-state index contributed by atoms with van der Waals surface area (Å²) in [6, 6.07) is 0. The van der Waals surface area contributed by atoms with E-state index in [1.165, 1.54) is 57.8 Å². The fourth-order valence-electron chi connectivity index (χ4n) is 9.56. The summed E-state index contributed by atoms with van der Waals surface area (Å²) in [6.45, 7) is 9.18. The minimum Gasteiger partial charge on any atom is -0.396 e. The van der Waals surface area contributed by atoms with Crippen LogP contribution < -0.4 is 0 Å². The molecular weight excluding hydrogens is 372 g/mol. The number of hydrogen-bond donors (Lipinski definition) is 3. The zero-order valence-corrected chi connectivity index (χ0v) is 20.1. The maximum absolute atomic E-state index is 11.6. The third-order valence-electron chi connectivity index (χ3n) is 11.0. The highest BCUT2D eigenvalue weighted by atomic mass is 16.3. The lowest BCUT2D eigenvalue weighted by molar-refractivity contribution is -0.140. The molecule has 0 aromatic carbocycles. The van der Waals surface area contributed by atoms with Gasteiger partial charge in [-0.1, -0.05) is 33.6 Å². The van der Waals surface area contributed by atoms with Gasteiger partial charge in [-0.2, -0.15) is 0 Å². The van der Waals surface area contributed by atoms with Crippen LogP contribution in [0.2, 0.25) is 0 Å². The fraction of sp³-hybridized carbons (Fsp3) is 1.00. The Bertz CT molecular complexity index is 603. The molecule has 3 nitrogen and oxygen atoms in total. The molecule has 0 aromatic rings. The molecule has 10 atom stereocenters. The van der Waals surface area contributed by atoms with Crippen molar-refractivity contribution >= 4 is 0 Å². The Hall–Kier alpha value is -0.120. The molecule has 4 fully saturated rings. The van der Waals surface area contributed by atoms with E-state index in [4.69, 9.17) is 0 Å². The standard InChI is InChI=1S/C27H48O3/c1-18(17-28)15-20(29)16-27(4,30)24-11-10-22-21-9-8-19-7-5-6-13-25(19,2)23(21)12-14-26(22,24)3/h18-24,28-30H,5-17H2,1-4H3/t18?,19?,20?,21-,22-,23-,24-,25-,26-,27-/m0/s1. The Morgan fingerprint density at radius 3 is 2.40 bits per heavy atom. The van der Waals surface area contributed by atoms with Crippen LogP contribution in [0.5, 0.6) is 0 Å². The third-order valence-corrected chi connectivity index (χ3v) is 11.0. The zero-order valence-electron chi connectivity index (χ0n) is 20.1. The molecule has 3 N–H and O–H groups in total. The quantitative estimate of drug-likeness (QED) is 0.527. The number of fused-ring (bicyclic) bond motifs is 5. The first kappa shape index (κ1) is 23.1. The topological polar surface area (TPSA) is 60.7 Å². The van der Waals surface area contributed by atoms with Crippen LogP contribution in [-0.4, -0.2) is 33.6 Å². The average molecular weight is 421 g/mol. The number of hydrogen-bond acceptors (Lipinski definition) is 3. The molecular formula is C27H48O3. The summed E-state index contributed by atoms with van der Waals surface area (Å²) in [5.74, 6) is 3.83. The second-order valence-corrected chi connectivity index (χ2v) is 12.8. The van der Waals surface area contributed by atoms with Crippen LogP contribution in [0.1, 0.15) is 105 Å². The van der Waals surface area contributed by atoms with Gasteiger partial charge in [0.2, 0.25) is 0 Å². The number of aliphatic hydroxyl groups excluding tert-OH is 2. The van der Waals surface area contributed by atoms with Gasteiger partial charge in [0.15, 0.2) is 0 Å². The molecule has 0 amide bonds. The molecule has 0 saturated heterocycles. The first-order valence-corrected chi connectivity index (χ1v) is 13.1. The summed E-state index contributed by atoms with van der Waals surface area (Å²) in [5, 5.41) is 31.5. The van der Waals surface area contributed by atoms with Crippen LogP contribution >= 0.6 is 0 Å². The van der Waals surface area contributed by atoms with Gasteiger partial charge in [0.05, 0.1) is 11.7 Å². The molecule has 4 aliphatic carbocycles. The smallest absolute Gasteiger partial charge is 0.0677 e. The predicted octanol–water partition coefficient (Wildman–Crippen LogP) is 5.56. The number of rotatable bonds is 6. The van der Waals surface area contributed by atoms with Gasteiger partial charge in [-0.25, -0.2) is 0 Å². The molecule has 0 bridgehead atoms. The van der Waals surface area contributed by atoms with E-state index in [1.54, 1.807) is 0 Å². The van der Waals surface area contributed by atoms with Crippen molar-refractivity contribution in [1.29, 1.82) is 0 Å². The van der Waals surface area contributed by atoms with E-state index < -0.39 is 11.7 Å². The Kier molecular flexibility index (Phi) is 6.41. The molecule has 30 heavy (non-hydrogen) atoms. The van der Waals surface area contributed by atoms with Gasteiger partial charge in [0, 0.05) is 13.0 Å². The lowest BCUT2D eigenvalue weighted by Crippen LogP contribution is -2.55. The van der Waals surface area contributed by atoms with Gasteiger partial charge < -0.3 is 15.3 Å². The Morgan fingerprint density at radius 2 is 1.67 bits per heavy atom. The summed E-state index contributed by atoms with van der Waals surface area (Å²) < 4.78 is 0. The summed E-state index contributed by atoms with van der Waals surface area (Å²) >= 11 is 0. The molecule has 0 aliphatic heterocycles. The first-order chi connectivity index (χ1) is 14.1. The van der Waals surface area contributed by atoms with Crippen molar-refractivity contribution in [2.24, 2.45) is 46.3 Å². The minimum atomic E-state index is -0.823. The van der Waals surface area contributed by atoms with Crippen LogP contribution in [-0.2, 0) is 0 Å². The van der Waals surface area contributed by atoms with E-state index in [-0.39, 0.29) is 23.9 Å². The lowest BCUT2D eigenvalue weighted by Gasteiger charge is -2.61. The van der Waals surface area contributed by atoms with Crippen molar-refractivity contribution < 1.29 is 15.3 Å². The monoisotopic (exact) mass is 420 g/mol. The van der Waals surface area contributed by atoms with Crippen molar-refractivity contribution in [1.82, 2.24) is 0 Å². The summed E-state index contributed by atoms with van der Waals surface area (Å²) in [5.41, 5.74) is -0.0402. The first-order valence-electron chi connectivity index (χ1n) is 13.1. The molecule has 0 radical (unpaired) electrons. The SMILES string of the molecule is CC(CO)CC(O)C[C@](C)(O)[C@H]1CC[C@H]2[C@@H]3CCC4CCCC[C@]4(C)[C@H]3CC[C@@]21C. The van der Waals surface area contributed by atoms with Crippen molar-refractivity contribution in [3.63, 3.8) is 0 Å². The van der Waals surface area contributed by atoms with Gasteiger partial charge >= 0.3 is 0 Å². The minimum absolute atomic E-state index is 0.0876. The van der Waals surface area contributed by atoms with Crippen LogP contribution in [0.3, 0.4) is 0 Å². The van der Waals surface area contributed by atoms with E-state index in [1.807, 2.05) is 13.8 Å². The fourth-order valence-corrected chi connectivity index (χ4v) is 9.56. The van der Waals surface area contributed by atoms with Gasteiger partial charge in [-0.05, 0) is 111 Å². The van der Waals surface area contributed by atoms with E-state index in [0.29, 0.717) is 18.3 Å². The molecule has 0 spiro atoms. The highest BCUT2D eigenvalue weighted by Gasteiger charge is 2.62. The largest absolute Gasteiger partial charge is 0.396 e. The molecule has 174 valence electrons. The molecule has 0 aromatic heterocycles. The van der Waals surface area contributed by atoms with Crippen LogP contribution in [0.4, 0.5) is 0 Å². The Morgan fingerprint density at radius 1 is 0.933 bits per heavy atom. The molecule has 4 aliphatic rings. The van der Waals surface area contributed by atoms with E-state index in [0.717, 1.165) is 30.1 Å². The summed E-state index contributed by atoms with van der Waals surface area (Å²) in [7, 11) is 0. The van der Waals surface area contributed by atoms with Gasteiger partial charge in [0.25, 0.3) is 0 Å². The van der Waals surface area contributed by atoms with Crippen molar-refractivity contribution in [3.8, 4) is 0 Å². The van der Waals surface area contributed by atoms with E-state index in [9.17, 15) is 15.3 Å². The summed E-state index contributed by atoms with van der Waals surface area (Å²) in [6.07, 6.45) is 14.1. The van der Waals surface area contributed by atoms with E-state index in [2.05, 4.69) is 13.8 Å². The van der Waals surface area contributed by atoms with Crippen LogP contribution in [0.25, 0.3) is 0 Å². The van der Waals surface area contributed by atoms with Crippen molar-refractivity contribution in [2.45, 2.75) is 116 Å². The van der Waals surface area contributed by atoms with E-state index >= 15 is 0 Å². The zero-order chi connectivity index (χ0) is 21.7. The van der Waals surface area contributed by atoms with Gasteiger partial charge in [0.1, 0.15) is 0 Å². The Labute approximate surface area is 185 Å². The average Bonchev–Trinajstić information content (AvgIpc) is 3.05. The van der Waals surface area contributed by atoms with Gasteiger partial charge in [-0.15, -0.1) is 0 Å². The van der Waals surface area contributed by atoms with Gasteiger partial charge in [-0.3, -0.25) is 0 Å².